The minimum atomic E-state index is 0.586. The molecule has 18 heavy (non-hydrogen) atoms. The summed E-state index contributed by atoms with van der Waals surface area (Å²) in [6.45, 7) is 7.26. The smallest absolute Gasteiger partial charge is 0.169 e. The number of thioether (sulfide) groups is 1. The van der Waals surface area contributed by atoms with Crippen molar-refractivity contribution in [3.63, 3.8) is 0 Å². The Bertz CT molecular complexity index is 468. The molecule has 4 atom stereocenters. The monoisotopic (exact) mass is 284 g/mol. The molecule has 100 valence electrons. The van der Waals surface area contributed by atoms with Crippen LogP contribution in [0.2, 0.25) is 5.15 Å². The number of halogens is 1. The van der Waals surface area contributed by atoms with Gasteiger partial charge in [0.1, 0.15) is 5.15 Å². The van der Waals surface area contributed by atoms with Crippen LogP contribution in [0.15, 0.2) is 11.4 Å². The minimum Gasteiger partial charge on any atom is -0.313 e. The van der Waals surface area contributed by atoms with Gasteiger partial charge in [0.25, 0.3) is 0 Å². The first-order valence-corrected chi connectivity index (χ1v) is 8.01. The number of imidazole rings is 1. The van der Waals surface area contributed by atoms with Gasteiger partial charge in [-0.15, -0.1) is 0 Å². The highest BCUT2D eigenvalue weighted by molar-refractivity contribution is 7.99. The SMILES string of the molecule is C[C@@H]1C[C@H]2[C@@H](C[C@@H]1Sc1ncc(Cl)n1C)C2(C)C. The Morgan fingerprint density at radius 1 is 1.39 bits per heavy atom. The second-order valence-corrected chi connectivity index (χ2v) is 8.16. The van der Waals surface area contributed by atoms with Gasteiger partial charge in [-0.05, 0) is 36.0 Å². The lowest BCUT2D eigenvalue weighted by Gasteiger charge is -2.27. The Labute approximate surface area is 118 Å². The maximum absolute atomic E-state index is 6.05. The third-order valence-corrected chi connectivity index (χ3v) is 7.08. The molecule has 0 N–H and O–H groups in total. The van der Waals surface area contributed by atoms with Crippen molar-refractivity contribution in [3.8, 4) is 0 Å². The lowest BCUT2D eigenvalue weighted by atomic mass is 9.90. The lowest BCUT2D eigenvalue weighted by Crippen LogP contribution is -2.21. The standard InChI is InChI=1S/C14H21ClN2S/c1-8-5-9-10(14(9,2)3)6-11(8)18-13-16-7-12(15)17(13)4/h7-11H,5-6H2,1-4H3/t8-,9+,10-,11+/m1/s1. The van der Waals surface area contributed by atoms with Gasteiger partial charge in [0.05, 0.1) is 6.20 Å². The summed E-state index contributed by atoms with van der Waals surface area (Å²) in [5.74, 6) is 2.68. The van der Waals surface area contributed by atoms with E-state index in [0.29, 0.717) is 10.7 Å². The summed E-state index contributed by atoms with van der Waals surface area (Å²) in [7, 11) is 2.00. The van der Waals surface area contributed by atoms with Gasteiger partial charge in [-0.2, -0.15) is 0 Å². The van der Waals surface area contributed by atoms with Crippen LogP contribution in [0, 0.1) is 23.2 Å². The number of hydrogen-bond donors (Lipinski definition) is 0. The number of fused-ring (bicyclic) bond motifs is 1. The second kappa shape index (κ2) is 4.17. The zero-order chi connectivity index (χ0) is 13.1. The van der Waals surface area contributed by atoms with Gasteiger partial charge in [-0.3, -0.25) is 0 Å². The van der Waals surface area contributed by atoms with E-state index in [0.717, 1.165) is 28.1 Å². The van der Waals surface area contributed by atoms with Crippen molar-refractivity contribution in [1.82, 2.24) is 9.55 Å². The van der Waals surface area contributed by atoms with E-state index in [-0.39, 0.29) is 0 Å². The summed E-state index contributed by atoms with van der Waals surface area (Å²) < 4.78 is 1.99. The first-order chi connectivity index (χ1) is 8.41. The summed E-state index contributed by atoms with van der Waals surface area (Å²) >= 11 is 7.97. The van der Waals surface area contributed by atoms with E-state index in [2.05, 4.69) is 25.8 Å². The first-order valence-electron chi connectivity index (χ1n) is 6.75. The summed E-state index contributed by atoms with van der Waals surface area (Å²) in [5, 5.41) is 2.49. The summed E-state index contributed by atoms with van der Waals surface area (Å²) in [6, 6.07) is 0. The van der Waals surface area contributed by atoms with E-state index in [4.69, 9.17) is 11.6 Å². The van der Waals surface area contributed by atoms with Crippen molar-refractivity contribution in [1.29, 1.82) is 0 Å². The number of nitrogens with zero attached hydrogens (tertiary/aromatic N) is 2. The number of aromatic nitrogens is 2. The molecule has 0 aliphatic heterocycles. The molecule has 2 aliphatic rings. The van der Waals surface area contributed by atoms with Crippen LogP contribution in [-0.4, -0.2) is 14.8 Å². The van der Waals surface area contributed by atoms with Gasteiger partial charge < -0.3 is 4.57 Å². The van der Waals surface area contributed by atoms with Gasteiger partial charge >= 0.3 is 0 Å². The molecule has 0 aromatic carbocycles. The molecule has 2 fully saturated rings. The molecule has 3 rings (SSSR count). The molecule has 2 aliphatic carbocycles. The Morgan fingerprint density at radius 2 is 2.06 bits per heavy atom. The van der Waals surface area contributed by atoms with Crippen molar-refractivity contribution in [2.45, 2.75) is 44.0 Å². The highest BCUT2D eigenvalue weighted by Crippen LogP contribution is 2.67. The molecule has 1 heterocycles. The van der Waals surface area contributed by atoms with Crippen LogP contribution >= 0.6 is 23.4 Å². The van der Waals surface area contributed by atoms with E-state index in [9.17, 15) is 0 Å². The predicted octanol–water partition coefficient (Wildman–Crippen LogP) is 4.24. The first kappa shape index (κ1) is 12.9. The highest BCUT2D eigenvalue weighted by atomic mass is 35.5. The average molecular weight is 285 g/mol. The van der Waals surface area contributed by atoms with E-state index in [1.54, 1.807) is 6.20 Å². The van der Waals surface area contributed by atoms with Gasteiger partial charge in [0.15, 0.2) is 5.16 Å². The Kier molecular flexibility index (Phi) is 2.98. The lowest BCUT2D eigenvalue weighted by molar-refractivity contribution is 0.378. The molecule has 0 radical (unpaired) electrons. The fraction of sp³-hybridized carbons (Fsp3) is 0.786. The maximum atomic E-state index is 6.05. The van der Waals surface area contributed by atoms with Crippen molar-refractivity contribution in [2.24, 2.45) is 30.2 Å². The van der Waals surface area contributed by atoms with Crippen molar-refractivity contribution in [2.75, 3.05) is 0 Å². The molecular formula is C14H21ClN2S. The van der Waals surface area contributed by atoms with Gasteiger partial charge in [-0.1, -0.05) is 44.1 Å². The normalized spacial score (nSPS) is 37.4. The Balaban J connectivity index is 1.72. The van der Waals surface area contributed by atoms with Gasteiger partial charge in [-0.25, -0.2) is 4.98 Å². The third kappa shape index (κ3) is 1.90. The van der Waals surface area contributed by atoms with Crippen LogP contribution in [0.3, 0.4) is 0 Å². The van der Waals surface area contributed by atoms with Crippen LogP contribution in [0.4, 0.5) is 0 Å². The van der Waals surface area contributed by atoms with Crippen LogP contribution in [-0.2, 0) is 7.05 Å². The molecule has 0 bridgehead atoms. The van der Waals surface area contributed by atoms with Gasteiger partial charge in [0.2, 0.25) is 0 Å². The summed E-state index contributed by atoms with van der Waals surface area (Å²) in [4.78, 5) is 4.41. The molecule has 1 aromatic rings. The zero-order valence-corrected chi connectivity index (χ0v) is 13.1. The Hall–Kier alpha value is -0.150. The highest BCUT2D eigenvalue weighted by Gasteiger charge is 2.60. The number of hydrogen-bond acceptors (Lipinski definition) is 2. The topological polar surface area (TPSA) is 17.8 Å². The second-order valence-electron chi connectivity index (χ2n) is 6.56. The molecule has 0 saturated heterocycles. The summed E-state index contributed by atoms with van der Waals surface area (Å²) in [6.07, 6.45) is 4.47. The molecule has 0 spiro atoms. The van der Waals surface area contributed by atoms with Crippen LogP contribution in [0.25, 0.3) is 0 Å². The van der Waals surface area contributed by atoms with Crippen LogP contribution in [0.1, 0.15) is 33.6 Å². The number of rotatable bonds is 2. The molecule has 1 aromatic heterocycles. The van der Waals surface area contributed by atoms with Crippen LogP contribution < -0.4 is 0 Å². The largest absolute Gasteiger partial charge is 0.313 e. The minimum absolute atomic E-state index is 0.586. The van der Waals surface area contributed by atoms with Gasteiger partial charge in [0, 0.05) is 12.3 Å². The molecule has 4 heteroatoms. The third-order valence-electron chi connectivity index (χ3n) is 5.18. The van der Waals surface area contributed by atoms with E-state index >= 15 is 0 Å². The Morgan fingerprint density at radius 3 is 2.67 bits per heavy atom. The fourth-order valence-electron chi connectivity index (χ4n) is 3.61. The van der Waals surface area contributed by atoms with Crippen molar-refractivity contribution < 1.29 is 0 Å². The van der Waals surface area contributed by atoms with Crippen molar-refractivity contribution >= 4 is 23.4 Å². The average Bonchev–Trinajstić information content (AvgIpc) is 2.67. The molecule has 2 nitrogen and oxygen atoms in total. The quantitative estimate of drug-likeness (QED) is 0.808. The van der Waals surface area contributed by atoms with Crippen molar-refractivity contribution in [3.05, 3.63) is 11.3 Å². The molecular weight excluding hydrogens is 264 g/mol. The van der Waals surface area contributed by atoms with E-state index < -0.39 is 0 Å². The molecule has 0 unspecified atom stereocenters. The van der Waals surface area contributed by atoms with E-state index in [1.807, 2.05) is 23.4 Å². The molecule has 2 saturated carbocycles. The molecule has 0 amide bonds. The maximum Gasteiger partial charge on any atom is 0.169 e. The fourth-order valence-corrected chi connectivity index (χ4v) is 5.08. The zero-order valence-electron chi connectivity index (χ0n) is 11.5. The predicted molar refractivity (Wildman–Crippen MR) is 77.0 cm³/mol. The van der Waals surface area contributed by atoms with E-state index in [1.165, 1.54) is 12.8 Å². The summed E-state index contributed by atoms with van der Waals surface area (Å²) in [5.41, 5.74) is 0.586. The van der Waals surface area contributed by atoms with Crippen LogP contribution in [0.5, 0.6) is 0 Å².